The molecule has 0 aliphatic heterocycles. The molecule has 3 aromatic rings. The third-order valence-electron chi connectivity index (χ3n) is 3.80. The number of benzene rings is 1. The smallest absolute Gasteiger partial charge is 0.271 e. The highest BCUT2D eigenvalue weighted by atomic mass is 35.5. The Labute approximate surface area is 156 Å². The van der Waals surface area contributed by atoms with Crippen molar-refractivity contribution >= 4 is 17.5 Å². The third kappa shape index (κ3) is 4.86. The van der Waals surface area contributed by atoms with Gasteiger partial charge in [0.2, 0.25) is 0 Å². The summed E-state index contributed by atoms with van der Waals surface area (Å²) in [4.78, 5) is 16.1. The number of aromatic nitrogens is 4. The highest BCUT2D eigenvalue weighted by Gasteiger charge is 2.09. The van der Waals surface area contributed by atoms with Crippen LogP contribution >= 0.6 is 11.6 Å². The molecule has 0 unspecified atom stereocenters. The summed E-state index contributed by atoms with van der Waals surface area (Å²) >= 11 is 6.00. The molecular formula is C18H20ClN5O2. The third-order valence-corrected chi connectivity index (χ3v) is 4.23. The van der Waals surface area contributed by atoms with Crippen molar-refractivity contribution in [1.29, 1.82) is 0 Å². The van der Waals surface area contributed by atoms with Crippen LogP contribution in [0.2, 0.25) is 5.02 Å². The van der Waals surface area contributed by atoms with Crippen molar-refractivity contribution in [3.8, 4) is 5.75 Å². The summed E-state index contributed by atoms with van der Waals surface area (Å²) in [6.45, 7) is 3.51. The molecule has 2 heterocycles. The Morgan fingerprint density at radius 1 is 1.31 bits per heavy atom. The van der Waals surface area contributed by atoms with Crippen LogP contribution in [0, 0.1) is 6.92 Å². The summed E-state index contributed by atoms with van der Waals surface area (Å²) in [7, 11) is 0. The van der Waals surface area contributed by atoms with Crippen LogP contribution in [0.15, 0.2) is 49.2 Å². The van der Waals surface area contributed by atoms with Crippen LogP contribution in [0.3, 0.4) is 0 Å². The van der Waals surface area contributed by atoms with Crippen LogP contribution in [0.4, 0.5) is 0 Å². The minimum atomic E-state index is -0.197. The van der Waals surface area contributed by atoms with E-state index in [0.29, 0.717) is 23.0 Å². The summed E-state index contributed by atoms with van der Waals surface area (Å²) < 4.78 is 9.20. The van der Waals surface area contributed by atoms with Crippen molar-refractivity contribution in [2.24, 2.45) is 0 Å². The van der Waals surface area contributed by atoms with E-state index in [1.807, 2.05) is 23.8 Å². The Morgan fingerprint density at radius 2 is 2.19 bits per heavy atom. The Bertz CT molecular complexity index is 860. The lowest BCUT2D eigenvalue weighted by Crippen LogP contribution is -2.25. The standard InChI is InChI=1S/C18H20ClN5O2/c1-14-11-15(3-4-16(14)19)26-13-24-9-5-17(22-24)18(25)21-6-2-8-23-10-7-20-12-23/h3-5,7,9-12H,2,6,8,13H2,1H3,(H,21,25). The molecule has 8 heteroatoms. The van der Waals surface area contributed by atoms with Crippen molar-refractivity contribution in [1.82, 2.24) is 24.6 Å². The van der Waals surface area contributed by atoms with E-state index in [1.54, 1.807) is 41.6 Å². The van der Waals surface area contributed by atoms with Gasteiger partial charge in [-0.2, -0.15) is 5.10 Å². The zero-order valence-electron chi connectivity index (χ0n) is 14.4. The van der Waals surface area contributed by atoms with Crippen LogP contribution < -0.4 is 10.1 Å². The molecule has 0 atom stereocenters. The van der Waals surface area contributed by atoms with Crippen LogP contribution in [-0.2, 0) is 13.3 Å². The molecule has 0 saturated heterocycles. The first-order chi connectivity index (χ1) is 12.6. The summed E-state index contributed by atoms with van der Waals surface area (Å²) in [6, 6.07) is 7.12. The van der Waals surface area contributed by atoms with Gasteiger partial charge in [0, 0.05) is 36.7 Å². The van der Waals surface area contributed by atoms with E-state index in [4.69, 9.17) is 16.3 Å². The normalized spacial score (nSPS) is 10.7. The fourth-order valence-corrected chi connectivity index (χ4v) is 2.49. The lowest BCUT2D eigenvalue weighted by atomic mass is 10.2. The van der Waals surface area contributed by atoms with E-state index in [-0.39, 0.29) is 12.6 Å². The molecule has 0 aliphatic carbocycles. The number of amides is 1. The molecule has 1 aromatic carbocycles. The predicted octanol–water partition coefficient (Wildman–Crippen LogP) is 2.90. The number of aryl methyl sites for hydroxylation is 2. The number of carbonyl (C=O) groups is 1. The number of nitrogens with one attached hydrogen (secondary N) is 1. The molecule has 3 rings (SSSR count). The summed E-state index contributed by atoms with van der Waals surface area (Å²) in [6.07, 6.45) is 7.92. The molecule has 7 nitrogen and oxygen atoms in total. The monoisotopic (exact) mass is 373 g/mol. The maximum absolute atomic E-state index is 12.1. The van der Waals surface area contributed by atoms with Gasteiger partial charge in [0.15, 0.2) is 6.73 Å². The van der Waals surface area contributed by atoms with Gasteiger partial charge >= 0.3 is 0 Å². The fourth-order valence-electron chi connectivity index (χ4n) is 2.38. The highest BCUT2D eigenvalue weighted by Crippen LogP contribution is 2.21. The van der Waals surface area contributed by atoms with Crippen LogP contribution in [0.5, 0.6) is 5.75 Å². The van der Waals surface area contributed by atoms with E-state index in [2.05, 4.69) is 15.4 Å². The Kier molecular flexibility index (Phi) is 5.91. The summed E-state index contributed by atoms with van der Waals surface area (Å²) in [5.41, 5.74) is 1.31. The van der Waals surface area contributed by atoms with E-state index < -0.39 is 0 Å². The van der Waals surface area contributed by atoms with E-state index in [9.17, 15) is 4.79 Å². The zero-order valence-corrected chi connectivity index (χ0v) is 15.2. The van der Waals surface area contributed by atoms with Crippen molar-refractivity contribution in [2.45, 2.75) is 26.6 Å². The average molecular weight is 374 g/mol. The van der Waals surface area contributed by atoms with Gasteiger partial charge < -0.3 is 14.6 Å². The van der Waals surface area contributed by atoms with Crippen LogP contribution in [0.25, 0.3) is 0 Å². The van der Waals surface area contributed by atoms with Gasteiger partial charge in [0.25, 0.3) is 5.91 Å². The maximum Gasteiger partial charge on any atom is 0.271 e. The second kappa shape index (κ2) is 8.53. The van der Waals surface area contributed by atoms with Crippen molar-refractivity contribution in [3.05, 3.63) is 65.5 Å². The minimum absolute atomic E-state index is 0.197. The topological polar surface area (TPSA) is 74.0 Å². The van der Waals surface area contributed by atoms with Gasteiger partial charge in [0.05, 0.1) is 6.33 Å². The zero-order chi connectivity index (χ0) is 18.4. The molecule has 0 radical (unpaired) electrons. The average Bonchev–Trinajstić information content (AvgIpc) is 3.31. The number of ether oxygens (including phenoxy) is 1. The SMILES string of the molecule is Cc1cc(OCn2ccc(C(=O)NCCCn3ccnc3)n2)ccc1Cl. The highest BCUT2D eigenvalue weighted by molar-refractivity contribution is 6.31. The summed E-state index contributed by atoms with van der Waals surface area (Å²) in [5, 5.41) is 7.79. The Morgan fingerprint density at radius 3 is 2.96 bits per heavy atom. The Balaban J connectivity index is 1.44. The number of rotatable bonds is 8. The van der Waals surface area contributed by atoms with Crippen molar-refractivity contribution in [2.75, 3.05) is 6.54 Å². The van der Waals surface area contributed by atoms with Gasteiger partial charge in [-0.05, 0) is 43.2 Å². The molecule has 0 spiro atoms. The lowest BCUT2D eigenvalue weighted by Gasteiger charge is -2.07. The van der Waals surface area contributed by atoms with Crippen molar-refractivity contribution < 1.29 is 9.53 Å². The van der Waals surface area contributed by atoms with E-state index in [1.165, 1.54) is 0 Å². The Hall–Kier alpha value is -2.80. The lowest BCUT2D eigenvalue weighted by molar-refractivity contribution is 0.0945. The number of nitrogens with zero attached hydrogens (tertiary/aromatic N) is 4. The maximum atomic E-state index is 12.1. The molecule has 136 valence electrons. The van der Waals surface area contributed by atoms with E-state index in [0.717, 1.165) is 18.5 Å². The number of halogens is 1. The molecule has 0 bridgehead atoms. The summed E-state index contributed by atoms with van der Waals surface area (Å²) in [5.74, 6) is 0.504. The first-order valence-electron chi connectivity index (χ1n) is 8.28. The number of imidazole rings is 1. The van der Waals surface area contributed by atoms with Crippen molar-refractivity contribution in [3.63, 3.8) is 0 Å². The molecule has 26 heavy (non-hydrogen) atoms. The predicted molar refractivity (Wildman–Crippen MR) is 98.2 cm³/mol. The van der Waals surface area contributed by atoms with Gasteiger partial charge in [-0.15, -0.1) is 0 Å². The van der Waals surface area contributed by atoms with Gasteiger partial charge in [-0.3, -0.25) is 4.79 Å². The number of hydrogen-bond donors (Lipinski definition) is 1. The molecule has 1 amide bonds. The van der Waals surface area contributed by atoms with Gasteiger partial charge in [0.1, 0.15) is 11.4 Å². The molecule has 1 N–H and O–H groups in total. The molecule has 0 saturated carbocycles. The first-order valence-corrected chi connectivity index (χ1v) is 8.66. The molecule has 0 aliphatic rings. The number of hydrogen-bond acceptors (Lipinski definition) is 4. The fraction of sp³-hybridized carbons (Fsp3) is 0.278. The first kappa shape index (κ1) is 18.0. The van der Waals surface area contributed by atoms with E-state index >= 15 is 0 Å². The van der Waals surface area contributed by atoms with Crippen LogP contribution in [-0.4, -0.2) is 31.8 Å². The minimum Gasteiger partial charge on any atom is -0.471 e. The largest absolute Gasteiger partial charge is 0.471 e. The van der Waals surface area contributed by atoms with Crippen LogP contribution in [0.1, 0.15) is 22.5 Å². The molecule has 0 fully saturated rings. The quantitative estimate of drug-likeness (QED) is 0.616. The van der Waals surface area contributed by atoms with Gasteiger partial charge in [-0.25, -0.2) is 9.67 Å². The molecule has 2 aromatic heterocycles. The second-order valence-electron chi connectivity index (χ2n) is 5.83. The van der Waals surface area contributed by atoms with Gasteiger partial charge in [-0.1, -0.05) is 11.6 Å². The second-order valence-corrected chi connectivity index (χ2v) is 6.24. The molecular weight excluding hydrogens is 354 g/mol. The number of carbonyl (C=O) groups excluding carboxylic acids is 1.